The van der Waals surface area contributed by atoms with E-state index in [2.05, 4.69) is 28.2 Å². The summed E-state index contributed by atoms with van der Waals surface area (Å²) in [6.45, 7) is 2.74. The van der Waals surface area contributed by atoms with Crippen LogP contribution >= 0.6 is 15.9 Å². The van der Waals surface area contributed by atoms with Gasteiger partial charge in [0, 0.05) is 28.7 Å². The SMILES string of the molecule is C[C@@H](NCc1ccc(Br)cc1[N+](=O)[O-])C1CCCC1. The van der Waals surface area contributed by atoms with Crippen LogP contribution in [0.25, 0.3) is 0 Å². The van der Waals surface area contributed by atoms with Gasteiger partial charge in [-0.2, -0.15) is 0 Å². The molecule has 1 fully saturated rings. The summed E-state index contributed by atoms with van der Waals surface area (Å²) in [6.07, 6.45) is 5.18. The maximum Gasteiger partial charge on any atom is 0.275 e. The lowest BCUT2D eigenvalue weighted by Gasteiger charge is -2.20. The third-order valence-electron chi connectivity index (χ3n) is 3.97. The number of rotatable bonds is 5. The van der Waals surface area contributed by atoms with Crippen molar-refractivity contribution in [3.8, 4) is 0 Å². The van der Waals surface area contributed by atoms with Gasteiger partial charge in [0.25, 0.3) is 5.69 Å². The first-order chi connectivity index (χ1) is 9.08. The monoisotopic (exact) mass is 326 g/mol. The highest BCUT2D eigenvalue weighted by Crippen LogP contribution is 2.28. The van der Waals surface area contributed by atoms with Gasteiger partial charge in [0.15, 0.2) is 0 Å². The Balaban J connectivity index is 2.00. The summed E-state index contributed by atoms with van der Waals surface area (Å²) >= 11 is 3.27. The molecular weight excluding hydrogens is 308 g/mol. The molecule has 0 saturated heterocycles. The molecule has 1 aliphatic rings. The van der Waals surface area contributed by atoms with Gasteiger partial charge in [-0.15, -0.1) is 0 Å². The van der Waals surface area contributed by atoms with Gasteiger partial charge in [-0.3, -0.25) is 10.1 Å². The fourth-order valence-electron chi connectivity index (χ4n) is 2.75. The van der Waals surface area contributed by atoms with Gasteiger partial charge in [0.05, 0.1) is 4.92 Å². The van der Waals surface area contributed by atoms with Crippen LogP contribution in [-0.4, -0.2) is 11.0 Å². The average molecular weight is 327 g/mol. The van der Waals surface area contributed by atoms with Crippen LogP contribution in [0.1, 0.15) is 38.2 Å². The Morgan fingerprint density at radius 3 is 2.79 bits per heavy atom. The standard InChI is InChI=1S/C14H19BrN2O2/c1-10(11-4-2-3-5-11)16-9-12-6-7-13(15)8-14(12)17(18)19/h6-8,10-11,16H,2-5,9H2,1H3/t10-/m1/s1. The molecule has 0 amide bonds. The van der Waals surface area contributed by atoms with Crippen LogP contribution in [0.15, 0.2) is 22.7 Å². The third-order valence-corrected chi connectivity index (χ3v) is 4.46. The van der Waals surface area contributed by atoms with Crippen molar-refractivity contribution in [1.29, 1.82) is 0 Å². The second-order valence-corrected chi connectivity index (χ2v) is 6.16. The maximum atomic E-state index is 11.0. The van der Waals surface area contributed by atoms with Gasteiger partial charge in [0.2, 0.25) is 0 Å². The molecule has 0 spiro atoms. The fraction of sp³-hybridized carbons (Fsp3) is 0.571. The van der Waals surface area contributed by atoms with Crippen LogP contribution in [0.2, 0.25) is 0 Å². The van der Waals surface area contributed by atoms with E-state index in [-0.39, 0.29) is 10.6 Å². The van der Waals surface area contributed by atoms with Gasteiger partial charge in [0.1, 0.15) is 0 Å². The lowest BCUT2D eigenvalue weighted by Crippen LogP contribution is -2.31. The topological polar surface area (TPSA) is 55.2 Å². The number of nitro groups is 1. The molecule has 0 radical (unpaired) electrons. The molecular formula is C14H19BrN2O2. The molecule has 0 unspecified atom stereocenters. The molecule has 0 bridgehead atoms. The zero-order valence-electron chi connectivity index (χ0n) is 11.1. The zero-order valence-corrected chi connectivity index (χ0v) is 12.6. The van der Waals surface area contributed by atoms with E-state index in [1.54, 1.807) is 6.07 Å². The number of hydrogen-bond acceptors (Lipinski definition) is 3. The Hall–Kier alpha value is -0.940. The fourth-order valence-corrected chi connectivity index (χ4v) is 3.10. The van der Waals surface area contributed by atoms with Crippen LogP contribution < -0.4 is 5.32 Å². The van der Waals surface area contributed by atoms with Crippen LogP contribution in [0.4, 0.5) is 5.69 Å². The van der Waals surface area contributed by atoms with E-state index in [1.165, 1.54) is 25.7 Å². The molecule has 0 aromatic heterocycles. The minimum Gasteiger partial charge on any atom is -0.310 e. The first-order valence-corrected chi connectivity index (χ1v) is 7.53. The molecule has 1 atom stereocenters. The predicted octanol–water partition coefficient (Wildman–Crippen LogP) is 4.03. The van der Waals surface area contributed by atoms with Crippen molar-refractivity contribution in [1.82, 2.24) is 5.32 Å². The Labute approximate surface area is 121 Å². The Morgan fingerprint density at radius 2 is 2.16 bits per heavy atom. The smallest absolute Gasteiger partial charge is 0.275 e. The summed E-state index contributed by atoms with van der Waals surface area (Å²) in [7, 11) is 0. The zero-order chi connectivity index (χ0) is 13.8. The van der Waals surface area contributed by atoms with Gasteiger partial charge in [-0.05, 0) is 37.8 Å². The summed E-state index contributed by atoms with van der Waals surface area (Å²) < 4.78 is 0.742. The highest BCUT2D eigenvalue weighted by molar-refractivity contribution is 9.10. The molecule has 0 aliphatic heterocycles. The maximum absolute atomic E-state index is 11.0. The first-order valence-electron chi connectivity index (χ1n) is 6.74. The number of nitrogens with one attached hydrogen (secondary N) is 1. The number of hydrogen-bond donors (Lipinski definition) is 1. The van der Waals surface area contributed by atoms with E-state index in [9.17, 15) is 10.1 Å². The second kappa shape index (κ2) is 6.48. The molecule has 2 rings (SSSR count). The normalized spacial score (nSPS) is 17.6. The summed E-state index contributed by atoms with van der Waals surface area (Å²) in [6, 6.07) is 5.66. The minimum atomic E-state index is -0.317. The largest absolute Gasteiger partial charge is 0.310 e. The average Bonchev–Trinajstić information content (AvgIpc) is 2.90. The van der Waals surface area contributed by atoms with Crippen molar-refractivity contribution in [2.45, 2.75) is 45.2 Å². The van der Waals surface area contributed by atoms with Gasteiger partial charge < -0.3 is 5.32 Å². The molecule has 1 aromatic rings. The quantitative estimate of drug-likeness (QED) is 0.656. The summed E-state index contributed by atoms with van der Waals surface area (Å²) in [5.74, 6) is 0.717. The molecule has 1 aromatic carbocycles. The van der Waals surface area contributed by atoms with E-state index in [4.69, 9.17) is 0 Å². The number of halogens is 1. The summed E-state index contributed by atoms with van der Waals surface area (Å²) in [4.78, 5) is 10.7. The lowest BCUT2D eigenvalue weighted by atomic mass is 9.99. The second-order valence-electron chi connectivity index (χ2n) is 5.24. The Bertz CT molecular complexity index is 459. The van der Waals surface area contributed by atoms with Crippen molar-refractivity contribution < 1.29 is 4.92 Å². The van der Waals surface area contributed by atoms with E-state index in [0.29, 0.717) is 12.6 Å². The van der Waals surface area contributed by atoms with E-state index < -0.39 is 0 Å². The van der Waals surface area contributed by atoms with Crippen LogP contribution in [0.3, 0.4) is 0 Å². The molecule has 4 nitrogen and oxygen atoms in total. The van der Waals surface area contributed by atoms with Gasteiger partial charge in [-0.1, -0.05) is 28.8 Å². The van der Waals surface area contributed by atoms with Crippen molar-refractivity contribution in [3.63, 3.8) is 0 Å². The van der Waals surface area contributed by atoms with Gasteiger partial charge >= 0.3 is 0 Å². The lowest BCUT2D eigenvalue weighted by molar-refractivity contribution is -0.385. The van der Waals surface area contributed by atoms with E-state index >= 15 is 0 Å². The van der Waals surface area contributed by atoms with Crippen molar-refractivity contribution in [2.24, 2.45) is 5.92 Å². The van der Waals surface area contributed by atoms with Gasteiger partial charge in [-0.25, -0.2) is 0 Å². The predicted molar refractivity (Wildman–Crippen MR) is 79.1 cm³/mol. The van der Waals surface area contributed by atoms with Crippen molar-refractivity contribution in [2.75, 3.05) is 0 Å². The summed E-state index contributed by atoms with van der Waals surface area (Å²) in [5, 5.41) is 14.5. The van der Waals surface area contributed by atoms with Crippen LogP contribution in [0.5, 0.6) is 0 Å². The third kappa shape index (κ3) is 3.76. The van der Waals surface area contributed by atoms with Crippen LogP contribution in [0, 0.1) is 16.0 Å². The highest BCUT2D eigenvalue weighted by Gasteiger charge is 2.22. The minimum absolute atomic E-state index is 0.181. The Morgan fingerprint density at radius 1 is 1.47 bits per heavy atom. The molecule has 1 N–H and O–H groups in total. The summed E-state index contributed by atoms with van der Waals surface area (Å²) in [5.41, 5.74) is 0.929. The number of benzene rings is 1. The van der Waals surface area contributed by atoms with E-state index in [1.807, 2.05) is 12.1 Å². The number of nitrogens with zero attached hydrogens (tertiary/aromatic N) is 1. The molecule has 5 heteroatoms. The van der Waals surface area contributed by atoms with Crippen LogP contribution in [-0.2, 0) is 6.54 Å². The molecule has 19 heavy (non-hydrogen) atoms. The highest BCUT2D eigenvalue weighted by atomic mass is 79.9. The van der Waals surface area contributed by atoms with E-state index in [0.717, 1.165) is 16.0 Å². The van der Waals surface area contributed by atoms with Crippen molar-refractivity contribution >= 4 is 21.6 Å². The molecule has 0 heterocycles. The first kappa shape index (κ1) is 14.5. The van der Waals surface area contributed by atoms with Crippen molar-refractivity contribution in [3.05, 3.63) is 38.3 Å². The molecule has 1 saturated carbocycles. The molecule has 1 aliphatic carbocycles. The molecule has 104 valence electrons. The Kier molecular flexibility index (Phi) is 4.93. The number of nitro benzene ring substituents is 1.